The maximum atomic E-state index is 11.4. The van der Waals surface area contributed by atoms with Crippen molar-refractivity contribution < 1.29 is 14.0 Å². The number of carbonyl (C=O) groups is 1. The summed E-state index contributed by atoms with van der Waals surface area (Å²) < 4.78 is 10.9. The number of carbonyl (C=O) groups excluding carboxylic acids is 1. The highest BCUT2D eigenvalue weighted by molar-refractivity contribution is 6.51. The summed E-state index contributed by atoms with van der Waals surface area (Å²) in [6.45, 7) is 7.15. The lowest BCUT2D eigenvalue weighted by atomic mass is 10.2. The van der Waals surface area contributed by atoms with Crippen LogP contribution in [0.25, 0.3) is 0 Å². The van der Waals surface area contributed by atoms with Crippen LogP contribution in [-0.2, 0) is 20.0 Å². The lowest BCUT2D eigenvalue weighted by molar-refractivity contribution is -0.142. The summed E-state index contributed by atoms with van der Waals surface area (Å²) >= 11 is 0. The highest BCUT2D eigenvalue weighted by Gasteiger charge is 2.18. The molecule has 2 atom stereocenters. The van der Waals surface area contributed by atoms with E-state index < -0.39 is 9.04 Å². The molecule has 0 spiro atoms. The van der Waals surface area contributed by atoms with Gasteiger partial charge in [-0.3, -0.25) is 0 Å². The van der Waals surface area contributed by atoms with E-state index in [9.17, 15) is 4.79 Å². The van der Waals surface area contributed by atoms with Gasteiger partial charge >= 0.3 is 5.97 Å². The third-order valence-electron chi connectivity index (χ3n) is 2.89. The topological polar surface area (TPSA) is 35.5 Å². The molecule has 0 aliphatic carbocycles. The van der Waals surface area contributed by atoms with Gasteiger partial charge in [-0.05, 0) is 25.5 Å². The van der Waals surface area contributed by atoms with Crippen LogP contribution in [0, 0.1) is 0 Å². The van der Waals surface area contributed by atoms with Gasteiger partial charge in [0.15, 0.2) is 9.04 Å². The first-order valence-electron chi connectivity index (χ1n) is 6.46. The van der Waals surface area contributed by atoms with Crippen molar-refractivity contribution in [2.45, 2.75) is 32.0 Å². The van der Waals surface area contributed by atoms with Crippen LogP contribution in [0.1, 0.15) is 19.4 Å². The molecule has 0 bridgehead atoms. The molecular weight excluding hydrogens is 256 g/mol. The minimum atomic E-state index is -1.39. The normalized spacial score (nSPS) is 13.6. The molecule has 0 amide bonds. The van der Waals surface area contributed by atoms with Gasteiger partial charge in [-0.25, -0.2) is 4.79 Å². The Kier molecular flexibility index (Phi) is 6.52. The molecule has 1 aromatic rings. The smallest absolute Gasteiger partial charge is 0.333 e. The molecule has 4 heteroatoms. The van der Waals surface area contributed by atoms with Crippen molar-refractivity contribution in [1.29, 1.82) is 0 Å². The van der Waals surface area contributed by atoms with Crippen LogP contribution in [0.3, 0.4) is 0 Å². The first-order chi connectivity index (χ1) is 9.02. The molecule has 3 nitrogen and oxygen atoms in total. The Hall–Kier alpha value is -1.39. The van der Waals surface area contributed by atoms with Gasteiger partial charge in [-0.15, -0.1) is 0 Å². The maximum absolute atomic E-state index is 11.4. The first kappa shape index (κ1) is 15.7. The van der Waals surface area contributed by atoms with Crippen LogP contribution >= 0.6 is 0 Å². The Morgan fingerprint density at radius 2 is 2.00 bits per heavy atom. The Bertz CT molecular complexity index is 417. The van der Waals surface area contributed by atoms with E-state index in [1.165, 1.54) is 5.56 Å². The van der Waals surface area contributed by atoms with Gasteiger partial charge in [0.2, 0.25) is 0 Å². The summed E-state index contributed by atoms with van der Waals surface area (Å²) in [6.07, 6.45) is -0.121. The van der Waals surface area contributed by atoms with Gasteiger partial charge < -0.3 is 9.16 Å². The number of rotatable bonds is 7. The number of benzene rings is 1. The number of hydrogen-bond acceptors (Lipinski definition) is 3. The summed E-state index contributed by atoms with van der Waals surface area (Å²) in [5.74, 6) is -0.323. The maximum Gasteiger partial charge on any atom is 0.333 e. The van der Waals surface area contributed by atoms with Gasteiger partial charge in [-0.2, -0.15) is 0 Å². The number of hydrogen-bond donors (Lipinski definition) is 0. The van der Waals surface area contributed by atoms with Crippen LogP contribution in [-0.4, -0.2) is 28.2 Å². The quantitative estimate of drug-likeness (QED) is 0.437. The largest absolute Gasteiger partial charge is 0.460 e. The molecule has 0 aliphatic rings. The van der Waals surface area contributed by atoms with E-state index in [1.807, 2.05) is 25.1 Å². The van der Waals surface area contributed by atoms with E-state index in [4.69, 9.17) is 9.16 Å². The van der Waals surface area contributed by atoms with Gasteiger partial charge in [0.25, 0.3) is 0 Å². The second kappa shape index (κ2) is 7.91. The number of esters is 1. The van der Waals surface area contributed by atoms with Crippen LogP contribution in [0.4, 0.5) is 0 Å². The monoisotopic (exact) mass is 278 g/mol. The average Bonchev–Trinajstić information content (AvgIpc) is 2.38. The summed E-state index contributed by atoms with van der Waals surface area (Å²) in [4.78, 5) is 11.4. The van der Waals surface area contributed by atoms with Crippen LogP contribution in [0.2, 0.25) is 6.04 Å². The van der Waals surface area contributed by atoms with Crippen molar-refractivity contribution in [2.24, 2.45) is 0 Å². The van der Waals surface area contributed by atoms with Crippen molar-refractivity contribution in [1.82, 2.24) is 0 Å². The number of ether oxygens (including phenoxy) is 1. The van der Waals surface area contributed by atoms with Gasteiger partial charge in [0, 0.05) is 18.7 Å². The Labute approximate surface area is 117 Å². The zero-order chi connectivity index (χ0) is 14.3. The summed E-state index contributed by atoms with van der Waals surface area (Å²) in [5, 5.41) is 0. The molecular formula is C15H22O3Si. The highest BCUT2D eigenvalue weighted by Crippen LogP contribution is 2.11. The van der Waals surface area contributed by atoms with Gasteiger partial charge in [0.05, 0.1) is 6.10 Å². The summed E-state index contributed by atoms with van der Waals surface area (Å²) in [6, 6.07) is 12.0. The molecule has 1 rings (SSSR count). The fraction of sp³-hybridized carbons (Fsp3) is 0.400. The van der Waals surface area contributed by atoms with Crippen molar-refractivity contribution in [3.63, 3.8) is 0 Å². The van der Waals surface area contributed by atoms with Crippen molar-refractivity contribution in [3.05, 3.63) is 48.0 Å². The minimum absolute atomic E-state index is 0.121. The Balaban J connectivity index is 2.48. The molecule has 1 aromatic carbocycles. The molecule has 104 valence electrons. The molecule has 0 aromatic heterocycles. The summed E-state index contributed by atoms with van der Waals surface area (Å²) in [7, 11) is 0.349. The van der Waals surface area contributed by atoms with Crippen molar-refractivity contribution in [2.75, 3.05) is 7.11 Å². The second-order valence-electron chi connectivity index (χ2n) is 4.78. The molecule has 0 heterocycles. The average molecular weight is 278 g/mol. The lowest BCUT2D eigenvalue weighted by Crippen LogP contribution is -2.27. The fourth-order valence-electron chi connectivity index (χ4n) is 1.84. The predicted octanol–water partition coefficient (Wildman–Crippen LogP) is 2.65. The van der Waals surface area contributed by atoms with Crippen LogP contribution < -0.4 is 0 Å². The predicted molar refractivity (Wildman–Crippen MR) is 79.5 cm³/mol. The first-order valence-corrected chi connectivity index (χ1v) is 8.56. The molecule has 0 saturated carbocycles. The van der Waals surface area contributed by atoms with Gasteiger partial charge in [-0.1, -0.05) is 36.9 Å². The zero-order valence-electron chi connectivity index (χ0n) is 11.9. The third kappa shape index (κ3) is 5.85. The minimum Gasteiger partial charge on any atom is -0.460 e. The van der Waals surface area contributed by atoms with E-state index in [0.29, 0.717) is 5.57 Å². The van der Waals surface area contributed by atoms with Crippen molar-refractivity contribution >= 4 is 15.0 Å². The van der Waals surface area contributed by atoms with E-state index >= 15 is 0 Å². The Morgan fingerprint density at radius 3 is 2.53 bits per heavy atom. The standard InChI is InChI=1S/C15H22O3Si/c1-12(2)15(16)18-13(3)10-19(17-4)11-14-8-6-5-7-9-14/h5-9,13,19H,1,10-11H2,2-4H3. The van der Waals surface area contributed by atoms with Gasteiger partial charge in [0.1, 0.15) is 0 Å². The highest BCUT2D eigenvalue weighted by atomic mass is 28.3. The van der Waals surface area contributed by atoms with Crippen molar-refractivity contribution in [3.8, 4) is 0 Å². The third-order valence-corrected chi connectivity index (χ3v) is 5.67. The Morgan fingerprint density at radius 1 is 1.37 bits per heavy atom. The molecule has 0 fully saturated rings. The van der Waals surface area contributed by atoms with Crippen LogP contribution in [0.5, 0.6) is 0 Å². The molecule has 0 radical (unpaired) electrons. The second-order valence-corrected chi connectivity index (χ2v) is 7.37. The molecule has 0 aliphatic heterocycles. The van der Waals surface area contributed by atoms with E-state index in [0.717, 1.165) is 12.1 Å². The van der Waals surface area contributed by atoms with E-state index in [2.05, 4.69) is 18.7 Å². The fourth-order valence-corrected chi connectivity index (χ4v) is 4.00. The zero-order valence-corrected chi connectivity index (χ0v) is 13.0. The lowest BCUT2D eigenvalue weighted by Gasteiger charge is -2.19. The van der Waals surface area contributed by atoms with E-state index in [-0.39, 0.29) is 12.1 Å². The molecule has 0 N–H and O–H groups in total. The SMILES string of the molecule is C=C(C)C(=O)OC(C)C[SiH](Cc1ccccc1)OC. The van der Waals surface area contributed by atoms with E-state index in [1.54, 1.807) is 14.0 Å². The summed E-state index contributed by atoms with van der Waals surface area (Å²) in [5.41, 5.74) is 1.71. The molecule has 19 heavy (non-hydrogen) atoms. The molecule has 0 saturated heterocycles. The molecule has 2 unspecified atom stereocenters. The van der Waals surface area contributed by atoms with Crippen LogP contribution in [0.15, 0.2) is 42.5 Å².